The van der Waals surface area contributed by atoms with Crippen LogP contribution in [-0.2, 0) is 13.5 Å². The summed E-state index contributed by atoms with van der Waals surface area (Å²) >= 11 is 0. The largest absolute Gasteiger partial charge is 0.396 e. The highest BCUT2D eigenvalue weighted by Crippen LogP contribution is 2.31. The topological polar surface area (TPSA) is 58.3 Å². The standard InChI is InChI=1S/C13H24N2O2/c1-11(2)6-13(9-16,10-17)5-4-12-7-14-15(3)8-12/h7-8,11,16-17H,4-6,9-10H2,1-3H3. The van der Waals surface area contributed by atoms with E-state index in [1.165, 1.54) is 0 Å². The van der Waals surface area contributed by atoms with Gasteiger partial charge in [-0.05, 0) is 30.7 Å². The van der Waals surface area contributed by atoms with Crippen molar-refractivity contribution in [2.75, 3.05) is 13.2 Å². The predicted octanol–water partition coefficient (Wildman–Crippen LogP) is 1.37. The summed E-state index contributed by atoms with van der Waals surface area (Å²) in [5.74, 6) is 0.475. The van der Waals surface area contributed by atoms with Gasteiger partial charge in [0, 0.05) is 18.7 Å². The molecule has 98 valence electrons. The Morgan fingerprint density at radius 2 is 2.00 bits per heavy atom. The van der Waals surface area contributed by atoms with Gasteiger partial charge in [0.05, 0.1) is 19.4 Å². The van der Waals surface area contributed by atoms with Crippen molar-refractivity contribution in [3.8, 4) is 0 Å². The molecule has 1 rings (SSSR count). The lowest BCUT2D eigenvalue weighted by Gasteiger charge is -2.31. The molecule has 1 heterocycles. The Hall–Kier alpha value is -0.870. The SMILES string of the molecule is CC(C)CC(CO)(CO)CCc1cnn(C)c1. The Labute approximate surface area is 103 Å². The highest BCUT2D eigenvalue weighted by molar-refractivity contribution is 5.04. The Bertz CT molecular complexity index is 330. The molecule has 0 aliphatic heterocycles. The third-order valence-corrected chi connectivity index (χ3v) is 3.21. The summed E-state index contributed by atoms with van der Waals surface area (Å²) in [5.41, 5.74) is 0.798. The van der Waals surface area contributed by atoms with Gasteiger partial charge in [0.15, 0.2) is 0 Å². The van der Waals surface area contributed by atoms with Crippen molar-refractivity contribution in [3.63, 3.8) is 0 Å². The number of hydrogen-bond donors (Lipinski definition) is 2. The average Bonchev–Trinajstić information content (AvgIpc) is 2.70. The molecular formula is C13H24N2O2. The van der Waals surface area contributed by atoms with Gasteiger partial charge in [-0.2, -0.15) is 5.10 Å². The van der Waals surface area contributed by atoms with Crippen molar-refractivity contribution in [1.82, 2.24) is 9.78 Å². The van der Waals surface area contributed by atoms with Crippen molar-refractivity contribution in [1.29, 1.82) is 0 Å². The van der Waals surface area contributed by atoms with Gasteiger partial charge < -0.3 is 10.2 Å². The van der Waals surface area contributed by atoms with Crippen LogP contribution in [0.5, 0.6) is 0 Å². The highest BCUT2D eigenvalue weighted by Gasteiger charge is 2.29. The van der Waals surface area contributed by atoms with Crippen molar-refractivity contribution in [2.24, 2.45) is 18.4 Å². The number of rotatable bonds is 7. The summed E-state index contributed by atoms with van der Waals surface area (Å²) < 4.78 is 1.78. The van der Waals surface area contributed by atoms with Gasteiger partial charge in [0.1, 0.15) is 0 Å². The first-order valence-electron chi connectivity index (χ1n) is 6.20. The summed E-state index contributed by atoms with van der Waals surface area (Å²) in [6.45, 7) is 4.32. The molecule has 0 aromatic carbocycles. The normalized spacial score (nSPS) is 12.4. The summed E-state index contributed by atoms with van der Waals surface area (Å²) in [6, 6.07) is 0. The van der Waals surface area contributed by atoms with Gasteiger partial charge in [-0.1, -0.05) is 13.8 Å². The van der Waals surface area contributed by atoms with E-state index in [1.807, 2.05) is 19.4 Å². The first-order chi connectivity index (χ1) is 8.01. The fourth-order valence-corrected chi connectivity index (χ4v) is 2.32. The third-order valence-electron chi connectivity index (χ3n) is 3.21. The molecule has 2 N–H and O–H groups in total. The van der Waals surface area contributed by atoms with Crippen LogP contribution >= 0.6 is 0 Å². The van der Waals surface area contributed by atoms with E-state index in [-0.39, 0.29) is 18.6 Å². The predicted molar refractivity (Wildman–Crippen MR) is 67.6 cm³/mol. The van der Waals surface area contributed by atoms with Gasteiger partial charge in [-0.3, -0.25) is 4.68 Å². The molecule has 0 fully saturated rings. The van der Waals surface area contributed by atoms with Crippen molar-refractivity contribution in [3.05, 3.63) is 18.0 Å². The third kappa shape index (κ3) is 4.13. The number of aliphatic hydroxyl groups is 2. The first kappa shape index (κ1) is 14.2. The Balaban J connectivity index is 2.60. The van der Waals surface area contributed by atoms with Gasteiger partial charge in [0.25, 0.3) is 0 Å². The van der Waals surface area contributed by atoms with E-state index in [1.54, 1.807) is 4.68 Å². The second-order valence-corrected chi connectivity index (χ2v) is 5.44. The quantitative estimate of drug-likeness (QED) is 0.757. The molecule has 0 aliphatic carbocycles. The lowest BCUT2D eigenvalue weighted by molar-refractivity contribution is 0.0299. The van der Waals surface area contributed by atoms with Gasteiger partial charge in [0.2, 0.25) is 0 Å². The van der Waals surface area contributed by atoms with E-state index in [0.717, 1.165) is 24.8 Å². The fourth-order valence-electron chi connectivity index (χ4n) is 2.32. The van der Waals surface area contributed by atoms with Crippen LogP contribution < -0.4 is 0 Å². The molecule has 0 aliphatic rings. The number of aromatic nitrogens is 2. The molecule has 0 radical (unpaired) electrons. The fraction of sp³-hybridized carbons (Fsp3) is 0.769. The zero-order valence-corrected chi connectivity index (χ0v) is 11.1. The van der Waals surface area contributed by atoms with E-state index in [9.17, 15) is 10.2 Å². The van der Waals surface area contributed by atoms with E-state index < -0.39 is 0 Å². The number of aliphatic hydroxyl groups excluding tert-OH is 2. The molecular weight excluding hydrogens is 216 g/mol. The average molecular weight is 240 g/mol. The molecule has 4 heteroatoms. The summed E-state index contributed by atoms with van der Waals surface area (Å²) in [7, 11) is 1.89. The Morgan fingerprint density at radius 1 is 1.35 bits per heavy atom. The summed E-state index contributed by atoms with van der Waals surface area (Å²) in [6.07, 6.45) is 6.32. The maximum absolute atomic E-state index is 9.53. The molecule has 17 heavy (non-hydrogen) atoms. The van der Waals surface area contributed by atoms with E-state index >= 15 is 0 Å². The van der Waals surface area contributed by atoms with Crippen LogP contribution in [0.25, 0.3) is 0 Å². The van der Waals surface area contributed by atoms with Crippen LogP contribution in [-0.4, -0.2) is 33.2 Å². The monoisotopic (exact) mass is 240 g/mol. The van der Waals surface area contributed by atoms with E-state index in [0.29, 0.717) is 5.92 Å². The van der Waals surface area contributed by atoms with Crippen LogP contribution in [0.3, 0.4) is 0 Å². The lowest BCUT2D eigenvalue weighted by Crippen LogP contribution is -2.32. The Morgan fingerprint density at radius 3 is 2.41 bits per heavy atom. The maximum atomic E-state index is 9.53. The minimum atomic E-state index is -0.357. The molecule has 0 bridgehead atoms. The van der Waals surface area contributed by atoms with E-state index in [4.69, 9.17) is 0 Å². The van der Waals surface area contributed by atoms with Crippen LogP contribution in [0.1, 0.15) is 32.3 Å². The molecule has 0 atom stereocenters. The molecule has 0 saturated heterocycles. The maximum Gasteiger partial charge on any atom is 0.0521 e. The zero-order chi connectivity index (χ0) is 12.9. The first-order valence-corrected chi connectivity index (χ1v) is 6.20. The van der Waals surface area contributed by atoms with Crippen molar-refractivity contribution < 1.29 is 10.2 Å². The van der Waals surface area contributed by atoms with Gasteiger partial charge >= 0.3 is 0 Å². The van der Waals surface area contributed by atoms with Gasteiger partial charge in [-0.25, -0.2) is 0 Å². The summed E-state index contributed by atoms with van der Waals surface area (Å²) in [4.78, 5) is 0. The second kappa shape index (κ2) is 6.17. The molecule has 4 nitrogen and oxygen atoms in total. The molecule has 1 aromatic heterocycles. The van der Waals surface area contributed by atoms with Crippen LogP contribution in [0.2, 0.25) is 0 Å². The summed E-state index contributed by atoms with van der Waals surface area (Å²) in [5, 5.41) is 23.2. The number of nitrogens with zero attached hydrogens (tertiary/aromatic N) is 2. The molecule has 0 saturated carbocycles. The second-order valence-electron chi connectivity index (χ2n) is 5.44. The number of hydrogen-bond acceptors (Lipinski definition) is 3. The minimum absolute atomic E-state index is 0.0436. The molecule has 0 unspecified atom stereocenters. The smallest absolute Gasteiger partial charge is 0.0521 e. The van der Waals surface area contributed by atoms with Gasteiger partial charge in [-0.15, -0.1) is 0 Å². The lowest BCUT2D eigenvalue weighted by atomic mass is 9.77. The minimum Gasteiger partial charge on any atom is -0.396 e. The van der Waals surface area contributed by atoms with Crippen LogP contribution in [0, 0.1) is 11.3 Å². The highest BCUT2D eigenvalue weighted by atomic mass is 16.3. The van der Waals surface area contributed by atoms with Crippen LogP contribution in [0.15, 0.2) is 12.4 Å². The molecule has 0 amide bonds. The molecule has 1 aromatic rings. The zero-order valence-electron chi connectivity index (χ0n) is 11.1. The number of aryl methyl sites for hydroxylation is 2. The van der Waals surface area contributed by atoms with E-state index in [2.05, 4.69) is 18.9 Å². The van der Waals surface area contributed by atoms with Crippen molar-refractivity contribution in [2.45, 2.75) is 33.1 Å². The Kier molecular flexibility index (Phi) is 5.15. The van der Waals surface area contributed by atoms with Crippen molar-refractivity contribution >= 4 is 0 Å². The molecule has 0 spiro atoms. The van der Waals surface area contributed by atoms with Crippen LogP contribution in [0.4, 0.5) is 0 Å².